The molecule has 4 nitrogen and oxygen atoms in total. The first-order chi connectivity index (χ1) is 7.72. The van der Waals surface area contributed by atoms with E-state index in [4.69, 9.17) is 10.5 Å². The van der Waals surface area contributed by atoms with Crippen LogP contribution in [-0.4, -0.2) is 31.7 Å². The van der Waals surface area contributed by atoms with Crippen LogP contribution in [0.3, 0.4) is 0 Å². The molecule has 1 atom stereocenters. The van der Waals surface area contributed by atoms with E-state index in [0.717, 1.165) is 0 Å². The number of rotatable bonds is 2. The second-order valence-corrected chi connectivity index (χ2v) is 3.64. The molecule has 1 aromatic carbocycles. The van der Waals surface area contributed by atoms with Gasteiger partial charge < -0.3 is 15.4 Å². The van der Waals surface area contributed by atoms with Crippen LogP contribution in [-0.2, 0) is 9.53 Å². The number of amides is 1. The van der Waals surface area contributed by atoms with Gasteiger partial charge in [-0.2, -0.15) is 0 Å². The number of anilines is 1. The predicted octanol–water partition coefficient (Wildman–Crippen LogP) is 0.516. The van der Waals surface area contributed by atoms with Gasteiger partial charge in [0.2, 0.25) is 0 Å². The summed E-state index contributed by atoms with van der Waals surface area (Å²) in [6, 6.07) is 5.62. The van der Waals surface area contributed by atoms with Gasteiger partial charge in [0.1, 0.15) is 12.4 Å². The van der Waals surface area contributed by atoms with Crippen LogP contribution in [0.15, 0.2) is 24.3 Å². The molecular weight excluding hydrogens is 211 g/mol. The maximum atomic E-state index is 12.8. The second kappa shape index (κ2) is 4.59. The summed E-state index contributed by atoms with van der Waals surface area (Å²) in [5.41, 5.74) is 6.23. The summed E-state index contributed by atoms with van der Waals surface area (Å²) in [6.45, 7) is 0.788. The fraction of sp³-hybridized carbons (Fsp3) is 0.364. The summed E-state index contributed by atoms with van der Waals surface area (Å²) in [5, 5.41) is 0. The molecule has 1 fully saturated rings. The van der Waals surface area contributed by atoms with Crippen LogP contribution in [0, 0.1) is 5.82 Å². The number of morpholine rings is 1. The number of hydrogen-bond acceptors (Lipinski definition) is 3. The molecule has 1 heterocycles. The summed E-state index contributed by atoms with van der Waals surface area (Å²) in [5.74, 6) is -0.470. The summed E-state index contributed by atoms with van der Waals surface area (Å²) in [4.78, 5) is 13.3. The molecule has 0 aromatic heterocycles. The van der Waals surface area contributed by atoms with Gasteiger partial charge in [-0.25, -0.2) is 4.39 Å². The summed E-state index contributed by atoms with van der Waals surface area (Å²) >= 11 is 0. The van der Waals surface area contributed by atoms with E-state index in [-0.39, 0.29) is 24.4 Å². The summed E-state index contributed by atoms with van der Waals surface area (Å²) < 4.78 is 17.9. The van der Waals surface area contributed by atoms with Crippen molar-refractivity contribution >= 4 is 11.6 Å². The highest BCUT2D eigenvalue weighted by Gasteiger charge is 2.28. The molecule has 1 aliphatic rings. The van der Waals surface area contributed by atoms with Crippen LogP contribution in [0.2, 0.25) is 0 Å². The van der Waals surface area contributed by atoms with Crippen LogP contribution >= 0.6 is 0 Å². The maximum Gasteiger partial charge on any atom is 0.253 e. The van der Waals surface area contributed by atoms with Crippen LogP contribution in [0.25, 0.3) is 0 Å². The number of ether oxygens (including phenoxy) is 1. The highest BCUT2D eigenvalue weighted by atomic mass is 19.1. The molecule has 16 heavy (non-hydrogen) atoms. The van der Waals surface area contributed by atoms with Crippen LogP contribution in [0.4, 0.5) is 10.1 Å². The molecule has 1 amide bonds. The molecule has 0 spiro atoms. The van der Waals surface area contributed by atoms with E-state index in [0.29, 0.717) is 18.8 Å². The smallest absolute Gasteiger partial charge is 0.253 e. The molecule has 1 saturated heterocycles. The lowest BCUT2D eigenvalue weighted by atomic mass is 10.2. The first-order valence-corrected chi connectivity index (χ1v) is 5.08. The Morgan fingerprint density at radius 2 is 2.12 bits per heavy atom. The van der Waals surface area contributed by atoms with E-state index < -0.39 is 0 Å². The third-order valence-electron chi connectivity index (χ3n) is 2.55. The average Bonchev–Trinajstić information content (AvgIpc) is 2.30. The van der Waals surface area contributed by atoms with Gasteiger partial charge in [0.25, 0.3) is 5.91 Å². The largest absolute Gasteiger partial charge is 0.369 e. The SMILES string of the molecule is NCC1COCC(=O)N1c1ccc(F)cc1. The van der Waals surface area contributed by atoms with Crippen molar-refractivity contribution in [3.63, 3.8) is 0 Å². The number of hydrogen-bond donors (Lipinski definition) is 1. The number of benzene rings is 1. The van der Waals surface area contributed by atoms with Crippen LogP contribution in [0.5, 0.6) is 0 Å². The molecule has 0 saturated carbocycles. The Morgan fingerprint density at radius 3 is 2.75 bits per heavy atom. The molecule has 1 aliphatic heterocycles. The van der Waals surface area contributed by atoms with Crippen molar-refractivity contribution < 1.29 is 13.9 Å². The molecule has 5 heteroatoms. The molecule has 0 radical (unpaired) electrons. The summed E-state index contributed by atoms with van der Waals surface area (Å²) in [6.07, 6.45) is 0. The van der Waals surface area contributed by atoms with Crippen molar-refractivity contribution in [3.8, 4) is 0 Å². The zero-order valence-corrected chi connectivity index (χ0v) is 8.73. The average molecular weight is 224 g/mol. The van der Waals surface area contributed by atoms with E-state index in [1.807, 2.05) is 0 Å². The number of nitrogens with two attached hydrogens (primary N) is 1. The quantitative estimate of drug-likeness (QED) is 0.796. The van der Waals surface area contributed by atoms with Gasteiger partial charge in [-0.3, -0.25) is 4.79 Å². The first-order valence-electron chi connectivity index (χ1n) is 5.08. The third kappa shape index (κ3) is 2.05. The summed E-state index contributed by atoms with van der Waals surface area (Å²) in [7, 11) is 0. The number of carbonyl (C=O) groups is 1. The van der Waals surface area contributed by atoms with Gasteiger partial charge in [0, 0.05) is 12.2 Å². The van der Waals surface area contributed by atoms with Crippen LogP contribution in [0.1, 0.15) is 0 Å². The molecule has 0 aliphatic carbocycles. The Morgan fingerprint density at radius 1 is 1.44 bits per heavy atom. The Hall–Kier alpha value is -1.46. The van der Waals surface area contributed by atoms with E-state index in [1.54, 1.807) is 17.0 Å². The normalized spacial score (nSPS) is 21.2. The van der Waals surface area contributed by atoms with Crippen molar-refractivity contribution in [2.24, 2.45) is 5.73 Å². The highest BCUT2D eigenvalue weighted by Crippen LogP contribution is 2.20. The van der Waals surface area contributed by atoms with Crippen LogP contribution < -0.4 is 10.6 Å². The Kier molecular flexibility index (Phi) is 3.17. The fourth-order valence-corrected chi connectivity index (χ4v) is 1.76. The van der Waals surface area contributed by atoms with Gasteiger partial charge in [-0.05, 0) is 24.3 Å². The standard InChI is InChI=1S/C11H13FN2O2/c12-8-1-3-9(4-2-8)14-10(5-13)6-16-7-11(14)15/h1-4,10H,5-7,13H2. The minimum absolute atomic E-state index is 0.0495. The lowest BCUT2D eigenvalue weighted by Crippen LogP contribution is -2.53. The molecule has 2 N–H and O–H groups in total. The first kappa shape index (κ1) is 11.0. The van der Waals surface area contributed by atoms with Crippen molar-refractivity contribution in [2.75, 3.05) is 24.7 Å². The minimum atomic E-state index is -0.325. The number of halogens is 1. The Labute approximate surface area is 92.8 Å². The molecular formula is C11H13FN2O2. The van der Waals surface area contributed by atoms with Gasteiger partial charge >= 0.3 is 0 Å². The highest BCUT2D eigenvalue weighted by molar-refractivity contribution is 5.95. The second-order valence-electron chi connectivity index (χ2n) is 3.64. The molecule has 1 aromatic rings. The maximum absolute atomic E-state index is 12.8. The van der Waals surface area contributed by atoms with E-state index >= 15 is 0 Å². The molecule has 1 unspecified atom stereocenters. The van der Waals surface area contributed by atoms with E-state index in [1.165, 1.54) is 12.1 Å². The van der Waals surface area contributed by atoms with Crippen molar-refractivity contribution in [2.45, 2.75) is 6.04 Å². The topological polar surface area (TPSA) is 55.6 Å². The lowest BCUT2D eigenvalue weighted by Gasteiger charge is -2.34. The zero-order chi connectivity index (χ0) is 11.5. The predicted molar refractivity (Wildman–Crippen MR) is 57.5 cm³/mol. The lowest BCUT2D eigenvalue weighted by molar-refractivity contribution is -0.127. The van der Waals surface area contributed by atoms with Gasteiger partial charge in [-0.15, -0.1) is 0 Å². The Balaban J connectivity index is 2.28. The van der Waals surface area contributed by atoms with Gasteiger partial charge in [0.15, 0.2) is 0 Å². The third-order valence-corrected chi connectivity index (χ3v) is 2.55. The van der Waals surface area contributed by atoms with Crippen molar-refractivity contribution in [3.05, 3.63) is 30.1 Å². The van der Waals surface area contributed by atoms with E-state index in [9.17, 15) is 9.18 Å². The van der Waals surface area contributed by atoms with Crippen molar-refractivity contribution in [1.29, 1.82) is 0 Å². The Bertz CT molecular complexity index is 380. The number of nitrogens with zero attached hydrogens (tertiary/aromatic N) is 1. The van der Waals surface area contributed by atoms with Crippen molar-refractivity contribution in [1.82, 2.24) is 0 Å². The molecule has 2 rings (SSSR count). The van der Waals surface area contributed by atoms with Gasteiger partial charge in [0.05, 0.1) is 12.6 Å². The number of carbonyl (C=O) groups excluding carboxylic acids is 1. The monoisotopic (exact) mass is 224 g/mol. The molecule has 86 valence electrons. The van der Waals surface area contributed by atoms with Gasteiger partial charge in [-0.1, -0.05) is 0 Å². The fourth-order valence-electron chi connectivity index (χ4n) is 1.76. The van der Waals surface area contributed by atoms with E-state index in [2.05, 4.69) is 0 Å². The molecule has 0 bridgehead atoms. The zero-order valence-electron chi connectivity index (χ0n) is 8.73. The minimum Gasteiger partial charge on any atom is -0.369 e.